The molecule has 0 atom stereocenters. The van der Waals surface area contributed by atoms with Crippen LogP contribution in [0.15, 0.2) is 82.6 Å². The zero-order chi connectivity index (χ0) is 25.6. The molecule has 1 aromatic carbocycles. The lowest BCUT2D eigenvalue weighted by Gasteiger charge is -2.15. The van der Waals surface area contributed by atoms with Gasteiger partial charge < -0.3 is 5.32 Å². The normalized spacial score (nSPS) is 12.6. The van der Waals surface area contributed by atoms with Crippen LogP contribution >= 0.6 is 0 Å². The number of hydrogen-bond donors (Lipinski definition) is 1. The predicted octanol–water partition coefficient (Wildman–Crippen LogP) is 8.61. The topological polar surface area (TPSA) is 36.8 Å². The number of nitrogens with one attached hydrogen (secondary N) is 1. The highest BCUT2D eigenvalue weighted by Gasteiger charge is 2.08. The van der Waals surface area contributed by atoms with Crippen molar-refractivity contribution in [3.05, 3.63) is 89.3 Å². The summed E-state index contributed by atoms with van der Waals surface area (Å²) in [6, 6.07) is 6.59. The predicted molar refractivity (Wildman–Crippen MR) is 151 cm³/mol. The Morgan fingerprint density at radius 2 is 1.61 bits per heavy atom. The number of benzene rings is 1. The van der Waals surface area contributed by atoms with Crippen LogP contribution < -0.4 is 5.32 Å². The molecule has 0 radical (unpaired) electrons. The van der Waals surface area contributed by atoms with Crippen LogP contribution in [0.2, 0.25) is 0 Å². The summed E-state index contributed by atoms with van der Waals surface area (Å²) in [7, 11) is 0. The molecule has 0 aliphatic heterocycles. The molecule has 0 saturated heterocycles. The van der Waals surface area contributed by atoms with E-state index in [2.05, 4.69) is 62.1 Å². The van der Waals surface area contributed by atoms with Crippen molar-refractivity contribution >= 4 is 17.1 Å². The fraction of sp³-hybridized carbons (Fsp3) is 0.400. The van der Waals surface area contributed by atoms with Crippen molar-refractivity contribution in [1.82, 2.24) is 5.32 Å². The lowest BCUT2D eigenvalue weighted by atomic mass is 9.97. The Balaban J connectivity index is 0.00000497. The first-order chi connectivity index (χ1) is 15.6. The Labute approximate surface area is 203 Å². The van der Waals surface area contributed by atoms with Crippen molar-refractivity contribution in [3.8, 4) is 0 Å². The fourth-order valence-electron chi connectivity index (χ4n) is 2.88. The van der Waals surface area contributed by atoms with Gasteiger partial charge >= 0.3 is 0 Å². The molecule has 0 aromatic heterocycles. The molecule has 0 bridgehead atoms. The molecule has 0 saturated carbocycles. The van der Waals surface area contributed by atoms with Crippen molar-refractivity contribution in [3.63, 3.8) is 0 Å². The Bertz CT molecular complexity index is 953. The van der Waals surface area contributed by atoms with Crippen molar-refractivity contribution in [2.24, 2.45) is 9.98 Å². The molecular formula is C30H45N3. The molecule has 1 N–H and O–H groups in total. The molecule has 0 unspecified atom stereocenters. The molecule has 0 fully saturated rings. The zero-order valence-corrected chi connectivity index (χ0v) is 22.5. The molecule has 180 valence electrons. The standard InChI is InChI=1S/C28H39N3.C2H6/c1-11-20(6)26-14-15-27(25(13-3)17-26)18-29-23(9)28(16-21(7)19(4)5)31-24(10)30-22(8)12-2;1-2/h12,14-17,29H,4,6,9,11,13,18H2,1-3,5,7-8,10H3;1-2H3/b21-16+,22-12-,30-24?,31-28?;. The van der Waals surface area contributed by atoms with E-state index in [4.69, 9.17) is 4.99 Å². The van der Waals surface area contributed by atoms with Crippen molar-refractivity contribution < 1.29 is 0 Å². The Morgan fingerprint density at radius 3 is 2.12 bits per heavy atom. The highest BCUT2D eigenvalue weighted by Crippen LogP contribution is 2.21. The van der Waals surface area contributed by atoms with Crippen LogP contribution in [-0.2, 0) is 13.0 Å². The third kappa shape index (κ3) is 10.5. The van der Waals surface area contributed by atoms with E-state index in [-0.39, 0.29) is 0 Å². The van der Waals surface area contributed by atoms with E-state index in [1.807, 2.05) is 60.6 Å². The van der Waals surface area contributed by atoms with Crippen LogP contribution in [0.5, 0.6) is 0 Å². The van der Waals surface area contributed by atoms with Crippen molar-refractivity contribution in [2.45, 2.75) is 81.7 Å². The Morgan fingerprint density at radius 1 is 0.970 bits per heavy atom. The van der Waals surface area contributed by atoms with Gasteiger partial charge in [0.25, 0.3) is 0 Å². The van der Waals surface area contributed by atoms with Gasteiger partial charge in [0.15, 0.2) is 0 Å². The van der Waals surface area contributed by atoms with Gasteiger partial charge in [0, 0.05) is 12.2 Å². The average molecular weight is 448 g/mol. The molecule has 1 aromatic rings. The lowest BCUT2D eigenvalue weighted by Crippen LogP contribution is -2.20. The van der Waals surface area contributed by atoms with Crippen molar-refractivity contribution in [2.75, 3.05) is 0 Å². The van der Waals surface area contributed by atoms with E-state index in [9.17, 15) is 0 Å². The highest BCUT2D eigenvalue weighted by atomic mass is 15.0. The van der Waals surface area contributed by atoms with Gasteiger partial charge in [-0.1, -0.05) is 77.3 Å². The summed E-state index contributed by atoms with van der Waals surface area (Å²) < 4.78 is 0. The summed E-state index contributed by atoms with van der Waals surface area (Å²) in [5, 5.41) is 3.46. The molecular weight excluding hydrogens is 402 g/mol. The van der Waals surface area contributed by atoms with E-state index in [0.717, 1.165) is 41.1 Å². The minimum Gasteiger partial charge on any atom is -0.380 e. The molecule has 1 rings (SSSR count). The number of rotatable bonds is 10. The Hall–Kier alpha value is -2.94. The van der Waals surface area contributed by atoms with Crippen LogP contribution in [0.4, 0.5) is 0 Å². The third-order valence-electron chi connectivity index (χ3n) is 5.29. The third-order valence-corrected chi connectivity index (χ3v) is 5.29. The molecule has 0 amide bonds. The van der Waals surface area contributed by atoms with Gasteiger partial charge in [0.1, 0.15) is 5.84 Å². The number of hydrogen-bond acceptors (Lipinski definition) is 2. The maximum absolute atomic E-state index is 4.72. The molecule has 0 spiro atoms. The minimum atomic E-state index is 0.684. The molecule has 3 nitrogen and oxygen atoms in total. The van der Waals surface area contributed by atoms with Crippen LogP contribution in [0.25, 0.3) is 5.57 Å². The summed E-state index contributed by atoms with van der Waals surface area (Å²) in [6.45, 7) is 31.3. The van der Waals surface area contributed by atoms with Gasteiger partial charge in [-0.25, -0.2) is 9.98 Å². The largest absolute Gasteiger partial charge is 0.380 e. The summed E-state index contributed by atoms with van der Waals surface area (Å²) in [6.07, 6.45) is 5.90. The van der Waals surface area contributed by atoms with Gasteiger partial charge in [-0.3, -0.25) is 0 Å². The number of amidine groups is 1. The van der Waals surface area contributed by atoms with E-state index >= 15 is 0 Å². The number of nitrogens with zero attached hydrogens (tertiary/aromatic N) is 2. The van der Waals surface area contributed by atoms with E-state index in [1.165, 1.54) is 22.3 Å². The first-order valence-electron chi connectivity index (χ1n) is 12.0. The van der Waals surface area contributed by atoms with E-state index in [1.54, 1.807) is 0 Å². The van der Waals surface area contributed by atoms with Gasteiger partial charge in [-0.05, 0) is 81.4 Å². The van der Waals surface area contributed by atoms with Crippen LogP contribution in [0, 0.1) is 0 Å². The Kier molecular flexibility index (Phi) is 14.4. The smallest absolute Gasteiger partial charge is 0.126 e. The molecule has 33 heavy (non-hydrogen) atoms. The maximum Gasteiger partial charge on any atom is 0.126 e. The number of aryl methyl sites for hydroxylation is 1. The van der Waals surface area contributed by atoms with Crippen LogP contribution in [0.1, 0.15) is 85.4 Å². The second-order valence-corrected chi connectivity index (χ2v) is 7.82. The van der Waals surface area contributed by atoms with Gasteiger partial charge in [-0.2, -0.15) is 0 Å². The fourth-order valence-corrected chi connectivity index (χ4v) is 2.88. The lowest BCUT2D eigenvalue weighted by molar-refractivity contribution is 0.832. The summed E-state index contributed by atoms with van der Waals surface area (Å²) in [5.41, 5.74) is 9.48. The number of aliphatic imine (C=N–C) groups is 2. The van der Waals surface area contributed by atoms with Crippen LogP contribution in [-0.4, -0.2) is 11.5 Å². The zero-order valence-electron chi connectivity index (χ0n) is 22.5. The monoisotopic (exact) mass is 447 g/mol. The summed E-state index contributed by atoms with van der Waals surface area (Å²) in [5.74, 6) is 0.691. The van der Waals surface area contributed by atoms with Crippen LogP contribution in [0.3, 0.4) is 0 Å². The molecule has 0 aliphatic rings. The second kappa shape index (κ2) is 15.8. The SMILES string of the molecule is C=C(NCc1ccc(C(=C)CC)cc1CC)C(/C=C(\C)C(=C)C)=NC(C)=N/C(C)=C\C.CC. The van der Waals surface area contributed by atoms with Gasteiger partial charge in [0.05, 0.1) is 11.4 Å². The number of allylic oxidation sites excluding steroid dienone is 6. The summed E-state index contributed by atoms with van der Waals surface area (Å²) in [4.78, 5) is 9.24. The summed E-state index contributed by atoms with van der Waals surface area (Å²) >= 11 is 0. The quantitative estimate of drug-likeness (QED) is 0.217. The van der Waals surface area contributed by atoms with Crippen molar-refractivity contribution in [1.29, 1.82) is 0 Å². The molecule has 3 heteroatoms. The highest BCUT2D eigenvalue weighted by molar-refractivity contribution is 6.13. The second-order valence-electron chi connectivity index (χ2n) is 7.82. The minimum absolute atomic E-state index is 0.684. The first kappa shape index (κ1) is 30.1. The average Bonchev–Trinajstić information content (AvgIpc) is 2.82. The van der Waals surface area contributed by atoms with E-state index < -0.39 is 0 Å². The molecule has 0 heterocycles. The molecule has 0 aliphatic carbocycles. The maximum atomic E-state index is 4.72. The van der Waals surface area contributed by atoms with Gasteiger partial charge in [-0.15, -0.1) is 0 Å². The van der Waals surface area contributed by atoms with E-state index in [0.29, 0.717) is 12.4 Å². The first-order valence-corrected chi connectivity index (χ1v) is 12.0. The van der Waals surface area contributed by atoms with Gasteiger partial charge in [0.2, 0.25) is 0 Å².